The topological polar surface area (TPSA) is 21.3 Å². The van der Waals surface area contributed by atoms with Crippen molar-refractivity contribution in [1.82, 2.24) is 5.32 Å². The van der Waals surface area contributed by atoms with Gasteiger partial charge in [-0.3, -0.25) is 0 Å². The van der Waals surface area contributed by atoms with Gasteiger partial charge in [0.15, 0.2) is 0 Å². The Morgan fingerprint density at radius 2 is 2.05 bits per heavy atom. The quantitative estimate of drug-likeness (QED) is 0.847. The Balaban J connectivity index is 2.11. The molecule has 0 aromatic heterocycles. The summed E-state index contributed by atoms with van der Waals surface area (Å²) in [7, 11) is 1.86. The zero-order valence-electron chi connectivity index (χ0n) is 10.9. The Labute approximate surface area is 131 Å². The summed E-state index contributed by atoms with van der Waals surface area (Å²) in [6.45, 7) is 1.04. The highest BCUT2D eigenvalue weighted by molar-refractivity contribution is 9.10. The van der Waals surface area contributed by atoms with E-state index in [1.165, 1.54) is 6.07 Å². The summed E-state index contributed by atoms with van der Waals surface area (Å²) >= 11 is 9.14. The van der Waals surface area contributed by atoms with Gasteiger partial charge in [0.1, 0.15) is 18.2 Å². The largest absolute Gasteiger partial charge is 0.489 e. The van der Waals surface area contributed by atoms with Crippen LogP contribution in [0.25, 0.3) is 0 Å². The molecule has 20 heavy (non-hydrogen) atoms. The van der Waals surface area contributed by atoms with E-state index in [9.17, 15) is 4.39 Å². The molecule has 5 heteroatoms. The Hall–Kier alpha value is -1.10. The highest BCUT2D eigenvalue weighted by atomic mass is 79.9. The zero-order valence-corrected chi connectivity index (χ0v) is 13.3. The summed E-state index contributed by atoms with van der Waals surface area (Å²) < 4.78 is 19.4. The van der Waals surface area contributed by atoms with E-state index in [4.69, 9.17) is 16.3 Å². The maximum Gasteiger partial charge on any atom is 0.137 e. The second-order valence-corrected chi connectivity index (χ2v) is 5.61. The molecule has 0 spiro atoms. The van der Waals surface area contributed by atoms with Crippen molar-refractivity contribution in [2.75, 3.05) is 7.05 Å². The first-order valence-corrected chi connectivity index (χ1v) is 7.27. The van der Waals surface area contributed by atoms with Gasteiger partial charge in [0.2, 0.25) is 0 Å². The van der Waals surface area contributed by atoms with Crippen LogP contribution in [0.1, 0.15) is 11.1 Å². The molecule has 2 rings (SSSR count). The molecule has 0 aliphatic carbocycles. The van der Waals surface area contributed by atoms with Crippen LogP contribution in [0.2, 0.25) is 5.02 Å². The molecule has 0 saturated heterocycles. The van der Waals surface area contributed by atoms with Crippen LogP contribution < -0.4 is 10.1 Å². The Morgan fingerprint density at radius 3 is 2.75 bits per heavy atom. The van der Waals surface area contributed by atoms with E-state index in [1.807, 2.05) is 19.2 Å². The van der Waals surface area contributed by atoms with Crippen LogP contribution in [0.4, 0.5) is 4.39 Å². The van der Waals surface area contributed by atoms with E-state index in [-0.39, 0.29) is 5.82 Å². The van der Waals surface area contributed by atoms with Crippen LogP contribution in [0.15, 0.2) is 40.9 Å². The van der Waals surface area contributed by atoms with E-state index in [1.54, 1.807) is 18.2 Å². The molecule has 0 saturated carbocycles. The van der Waals surface area contributed by atoms with Crippen molar-refractivity contribution in [2.24, 2.45) is 0 Å². The second-order valence-electron chi connectivity index (χ2n) is 4.32. The van der Waals surface area contributed by atoms with Gasteiger partial charge >= 0.3 is 0 Å². The number of benzene rings is 2. The second kappa shape index (κ2) is 7.07. The molecular weight excluding hydrogens is 345 g/mol. The highest BCUT2D eigenvalue weighted by Crippen LogP contribution is 2.24. The van der Waals surface area contributed by atoms with Gasteiger partial charge in [-0.2, -0.15) is 0 Å². The number of hydrogen-bond donors (Lipinski definition) is 1. The fourth-order valence-electron chi connectivity index (χ4n) is 1.81. The maximum absolute atomic E-state index is 13.2. The number of rotatable bonds is 5. The third-order valence-corrected chi connectivity index (χ3v) is 3.61. The van der Waals surface area contributed by atoms with Crippen molar-refractivity contribution in [3.05, 3.63) is 62.8 Å². The van der Waals surface area contributed by atoms with Gasteiger partial charge in [0.05, 0.1) is 4.47 Å². The molecule has 0 amide bonds. The average molecular weight is 359 g/mol. The highest BCUT2D eigenvalue weighted by Gasteiger charge is 2.06. The van der Waals surface area contributed by atoms with Crippen LogP contribution in [0.5, 0.6) is 5.75 Å². The van der Waals surface area contributed by atoms with Crippen LogP contribution in [-0.2, 0) is 13.2 Å². The molecule has 0 bridgehead atoms. The van der Waals surface area contributed by atoms with Gasteiger partial charge in [-0.1, -0.05) is 17.7 Å². The van der Waals surface area contributed by atoms with Crippen molar-refractivity contribution in [3.63, 3.8) is 0 Å². The van der Waals surface area contributed by atoms with Crippen molar-refractivity contribution >= 4 is 27.5 Å². The van der Waals surface area contributed by atoms with Crippen molar-refractivity contribution in [3.8, 4) is 5.75 Å². The van der Waals surface area contributed by atoms with Crippen LogP contribution in [-0.4, -0.2) is 7.05 Å². The predicted octanol–water partition coefficient (Wildman–Crippen LogP) is 4.54. The fraction of sp³-hybridized carbons (Fsp3) is 0.200. The van der Waals surface area contributed by atoms with Crippen LogP contribution >= 0.6 is 27.5 Å². The molecule has 2 aromatic rings. The minimum Gasteiger partial charge on any atom is -0.489 e. The minimum absolute atomic E-state index is 0.281. The van der Waals surface area contributed by atoms with Gasteiger partial charge < -0.3 is 10.1 Å². The predicted molar refractivity (Wildman–Crippen MR) is 82.6 cm³/mol. The number of hydrogen-bond acceptors (Lipinski definition) is 2. The molecule has 2 nitrogen and oxygen atoms in total. The van der Waals surface area contributed by atoms with E-state index >= 15 is 0 Å². The summed E-state index contributed by atoms with van der Waals surface area (Å²) in [4.78, 5) is 0. The average Bonchev–Trinajstić information content (AvgIpc) is 2.42. The summed E-state index contributed by atoms with van der Waals surface area (Å²) in [6, 6.07) is 10.3. The lowest BCUT2D eigenvalue weighted by atomic mass is 10.2. The van der Waals surface area contributed by atoms with Crippen molar-refractivity contribution in [1.29, 1.82) is 0 Å². The molecule has 2 aromatic carbocycles. The Bertz CT molecular complexity index is 606. The molecule has 106 valence electrons. The van der Waals surface area contributed by atoms with E-state index in [2.05, 4.69) is 21.2 Å². The van der Waals surface area contributed by atoms with Gasteiger partial charge in [0, 0.05) is 17.1 Å². The first-order valence-electron chi connectivity index (χ1n) is 6.10. The zero-order chi connectivity index (χ0) is 14.5. The van der Waals surface area contributed by atoms with Crippen LogP contribution in [0, 0.1) is 5.82 Å². The summed E-state index contributed by atoms with van der Waals surface area (Å²) in [6.07, 6.45) is 0. The van der Waals surface area contributed by atoms with Gasteiger partial charge in [-0.15, -0.1) is 0 Å². The minimum atomic E-state index is -0.281. The SMILES string of the molecule is CNCc1cc(Cl)ccc1OCc1ccc(F)c(Br)c1. The number of ether oxygens (including phenoxy) is 1. The Morgan fingerprint density at radius 1 is 1.25 bits per heavy atom. The fourth-order valence-corrected chi connectivity index (χ4v) is 2.43. The Kier molecular flexibility index (Phi) is 5.40. The van der Waals surface area contributed by atoms with Gasteiger partial charge in [0.25, 0.3) is 0 Å². The van der Waals surface area contributed by atoms with Gasteiger partial charge in [-0.25, -0.2) is 4.39 Å². The molecule has 0 atom stereocenters. The first kappa shape index (κ1) is 15.3. The standard InChI is InChI=1S/C15H14BrClFNO/c1-19-8-11-7-12(17)3-5-15(11)20-9-10-2-4-14(18)13(16)6-10/h2-7,19H,8-9H2,1H3. The molecule has 1 N–H and O–H groups in total. The van der Waals surface area contributed by atoms with E-state index in [0.717, 1.165) is 16.9 Å². The molecule has 0 heterocycles. The molecule has 0 unspecified atom stereocenters. The molecule has 0 aliphatic rings. The van der Waals surface area contributed by atoms with Crippen LogP contribution in [0.3, 0.4) is 0 Å². The molecule has 0 fully saturated rings. The molecule has 0 aliphatic heterocycles. The smallest absolute Gasteiger partial charge is 0.137 e. The van der Waals surface area contributed by atoms with E-state index < -0.39 is 0 Å². The molecule has 0 radical (unpaired) electrons. The lowest BCUT2D eigenvalue weighted by molar-refractivity contribution is 0.302. The monoisotopic (exact) mass is 357 g/mol. The van der Waals surface area contributed by atoms with Crippen molar-refractivity contribution < 1.29 is 9.13 Å². The number of halogens is 3. The maximum atomic E-state index is 13.2. The summed E-state index contributed by atoms with van der Waals surface area (Å²) in [5.74, 6) is 0.486. The van der Waals surface area contributed by atoms with Crippen molar-refractivity contribution in [2.45, 2.75) is 13.2 Å². The third kappa shape index (κ3) is 3.95. The lowest BCUT2D eigenvalue weighted by Crippen LogP contribution is -2.07. The third-order valence-electron chi connectivity index (χ3n) is 2.77. The lowest BCUT2D eigenvalue weighted by Gasteiger charge is -2.12. The molecular formula is C15H14BrClFNO. The normalized spacial score (nSPS) is 10.6. The number of nitrogens with one attached hydrogen (secondary N) is 1. The summed E-state index contributed by atoms with van der Waals surface area (Å²) in [5, 5.41) is 3.74. The van der Waals surface area contributed by atoms with Gasteiger partial charge in [-0.05, 0) is 58.9 Å². The first-order chi connectivity index (χ1) is 9.60. The van der Waals surface area contributed by atoms with E-state index in [0.29, 0.717) is 22.6 Å². The summed E-state index contributed by atoms with van der Waals surface area (Å²) in [5.41, 5.74) is 1.88.